The molecule has 0 radical (unpaired) electrons. The van der Waals surface area contributed by atoms with E-state index in [1.165, 1.54) is 0 Å². The van der Waals surface area contributed by atoms with E-state index < -0.39 is 0 Å². The second-order valence-corrected chi connectivity index (χ2v) is 6.37. The molecule has 0 unspecified atom stereocenters. The van der Waals surface area contributed by atoms with Crippen LogP contribution in [-0.2, 0) is 16.0 Å². The van der Waals surface area contributed by atoms with Crippen LogP contribution in [0, 0.1) is 0 Å². The van der Waals surface area contributed by atoms with Crippen molar-refractivity contribution in [1.29, 1.82) is 0 Å². The predicted molar refractivity (Wildman–Crippen MR) is 102 cm³/mol. The summed E-state index contributed by atoms with van der Waals surface area (Å²) in [7, 11) is 0. The van der Waals surface area contributed by atoms with Gasteiger partial charge in [0.05, 0.1) is 24.3 Å². The Kier molecular flexibility index (Phi) is 4.31. The molecule has 1 aliphatic rings. The van der Waals surface area contributed by atoms with Gasteiger partial charge >= 0.3 is 0 Å². The van der Waals surface area contributed by atoms with Crippen molar-refractivity contribution in [1.82, 2.24) is 10.3 Å². The normalized spacial score (nSPS) is 14.3. The van der Waals surface area contributed by atoms with Crippen molar-refractivity contribution in [2.45, 2.75) is 6.42 Å². The Hall–Kier alpha value is -3.28. The lowest BCUT2D eigenvalue weighted by atomic mass is 10.1. The smallest absolute Gasteiger partial charge is 0.239 e. The molecule has 2 heterocycles. The number of anilines is 2. The molecule has 26 heavy (non-hydrogen) atoms. The van der Waals surface area contributed by atoms with Gasteiger partial charge in [-0.2, -0.15) is 0 Å². The highest BCUT2D eigenvalue weighted by Crippen LogP contribution is 2.26. The molecule has 0 atom stereocenters. The van der Waals surface area contributed by atoms with Crippen LogP contribution >= 0.6 is 0 Å². The monoisotopic (exact) mass is 348 g/mol. The number of aromatic nitrogens is 1. The SMILES string of the molecule is O=C1CN(c2ccccc2NC(=O)Cc2c[nH]c3ccccc23)CCN1. The van der Waals surface area contributed by atoms with Crippen LogP contribution in [0.2, 0.25) is 0 Å². The third kappa shape index (κ3) is 3.26. The Balaban J connectivity index is 1.52. The van der Waals surface area contributed by atoms with Gasteiger partial charge in [-0.05, 0) is 23.8 Å². The van der Waals surface area contributed by atoms with Crippen molar-refractivity contribution in [3.63, 3.8) is 0 Å². The van der Waals surface area contributed by atoms with E-state index >= 15 is 0 Å². The number of aromatic amines is 1. The fourth-order valence-electron chi connectivity index (χ4n) is 3.34. The van der Waals surface area contributed by atoms with E-state index in [4.69, 9.17) is 0 Å². The van der Waals surface area contributed by atoms with Crippen molar-refractivity contribution in [2.24, 2.45) is 0 Å². The molecule has 132 valence electrons. The Morgan fingerprint density at radius 2 is 1.92 bits per heavy atom. The number of carbonyl (C=O) groups excluding carboxylic acids is 2. The number of hydrogen-bond donors (Lipinski definition) is 3. The van der Waals surface area contributed by atoms with Crippen LogP contribution in [0.3, 0.4) is 0 Å². The van der Waals surface area contributed by atoms with Gasteiger partial charge in [-0.25, -0.2) is 0 Å². The van der Waals surface area contributed by atoms with Gasteiger partial charge in [-0.1, -0.05) is 30.3 Å². The standard InChI is InChI=1S/C20H20N4O2/c25-19(11-14-12-22-16-6-2-1-5-15(14)16)23-17-7-3-4-8-18(17)24-10-9-21-20(26)13-24/h1-8,12,22H,9-11,13H2,(H,21,26)(H,23,25). The van der Waals surface area contributed by atoms with Crippen molar-refractivity contribution in [2.75, 3.05) is 29.9 Å². The predicted octanol–water partition coefficient (Wildman–Crippen LogP) is 2.29. The molecule has 2 amide bonds. The van der Waals surface area contributed by atoms with Gasteiger partial charge in [0.15, 0.2) is 0 Å². The maximum atomic E-state index is 12.6. The largest absolute Gasteiger partial charge is 0.361 e. The maximum absolute atomic E-state index is 12.6. The summed E-state index contributed by atoms with van der Waals surface area (Å²) in [5.74, 6) is -0.0835. The molecule has 1 aromatic heterocycles. The summed E-state index contributed by atoms with van der Waals surface area (Å²) in [6, 6.07) is 15.5. The highest BCUT2D eigenvalue weighted by atomic mass is 16.2. The lowest BCUT2D eigenvalue weighted by molar-refractivity contribution is -0.120. The van der Waals surface area contributed by atoms with E-state index in [0.29, 0.717) is 19.5 Å². The first-order valence-corrected chi connectivity index (χ1v) is 8.66. The Morgan fingerprint density at radius 3 is 2.81 bits per heavy atom. The molecule has 6 heteroatoms. The van der Waals surface area contributed by atoms with E-state index in [9.17, 15) is 9.59 Å². The minimum Gasteiger partial charge on any atom is -0.361 e. The zero-order valence-corrected chi connectivity index (χ0v) is 14.3. The quantitative estimate of drug-likeness (QED) is 0.677. The molecule has 1 fully saturated rings. The second-order valence-electron chi connectivity index (χ2n) is 6.37. The fraction of sp³-hybridized carbons (Fsp3) is 0.200. The fourth-order valence-corrected chi connectivity index (χ4v) is 3.34. The van der Waals surface area contributed by atoms with Gasteiger partial charge in [-0.15, -0.1) is 0 Å². The first-order chi connectivity index (χ1) is 12.7. The van der Waals surface area contributed by atoms with Gasteiger partial charge < -0.3 is 20.5 Å². The van der Waals surface area contributed by atoms with Gasteiger partial charge in [0.25, 0.3) is 0 Å². The maximum Gasteiger partial charge on any atom is 0.239 e. The summed E-state index contributed by atoms with van der Waals surface area (Å²) in [4.78, 5) is 29.5. The van der Waals surface area contributed by atoms with Crippen LogP contribution in [0.4, 0.5) is 11.4 Å². The highest BCUT2D eigenvalue weighted by molar-refractivity contribution is 5.98. The number of nitrogens with zero attached hydrogens (tertiary/aromatic N) is 1. The molecular weight excluding hydrogens is 328 g/mol. The molecule has 3 N–H and O–H groups in total. The lowest BCUT2D eigenvalue weighted by Gasteiger charge is -2.30. The molecular formula is C20H20N4O2. The zero-order valence-electron chi connectivity index (χ0n) is 14.3. The van der Waals surface area contributed by atoms with E-state index in [-0.39, 0.29) is 11.8 Å². The van der Waals surface area contributed by atoms with Crippen molar-refractivity contribution >= 4 is 34.1 Å². The Labute approximate surface area is 151 Å². The van der Waals surface area contributed by atoms with Crippen LogP contribution in [0.25, 0.3) is 10.9 Å². The van der Waals surface area contributed by atoms with Crippen LogP contribution in [0.5, 0.6) is 0 Å². The summed E-state index contributed by atoms with van der Waals surface area (Å²) < 4.78 is 0. The summed E-state index contributed by atoms with van der Waals surface area (Å²) in [6.45, 7) is 1.63. The highest BCUT2D eigenvalue weighted by Gasteiger charge is 2.19. The molecule has 0 bridgehead atoms. The minimum atomic E-state index is -0.0799. The van der Waals surface area contributed by atoms with Gasteiger partial charge in [0, 0.05) is 30.2 Å². The van der Waals surface area contributed by atoms with E-state index in [0.717, 1.165) is 34.4 Å². The molecule has 1 aliphatic heterocycles. The lowest BCUT2D eigenvalue weighted by Crippen LogP contribution is -2.47. The minimum absolute atomic E-state index is 0.00354. The number of para-hydroxylation sites is 3. The number of H-pyrrole nitrogens is 1. The molecule has 2 aromatic carbocycles. The van der Waals surface area contributed by atoms with E-state index in [1.54, 1.807) is 0 Å². The van der Waals surface area contributed by atoms with Crippen molar-refractivity contribution in [3.8, 4) is 0 Å². The Bertz CT molecular complexity index is 963. The average molecular weight is 348 g/mol. The molecule has 0 aliphatic carbocycles. The summed E-state index contributed by atoms with van der Waals surface area (Å²) >= 11 is 0. The summed E-state index contributed by atoms with van der Waals surface area (Å²) in [6.07, 6.45) is 2.17. The van der Waals surface area contributed by atoms with Crippen molar-refractivity contribution < 1.29 is 9.59 Å². The number of rotatable bonds is 4. The summed E-state index contributed by atoms with van der Waals surface area (Å²) in [5, 5.41) is 6.88. The second kappa shape index (κ2) is 6.92. The first kappa shape index (κ1) is 16.2. The first-order valence-electron chi connectivity index (χ1n) is 8.66. The van der Waals surface area contributed by atoms with Crippen LogP contribution in [0.15, 0.2) is 54.7 Å². The van der Waals surface area contributed by atoms with Crippen LogP contribution < -0.4 is 15.5 Å². The van der Waals surface area contributed by atoms with Crippen LogP contribution in [-0.4, -0.2) is 36.4 Å². The molecule has 0 spiro atoms. The number of hydrogen-bond acceptors (Lipinski definition) is 3. The number of fused-ring (bicyclic) bond motifs is 1. The number of piperazine rings is 1. The number of nitrogens with one attached hydrogen (secondary N) is 3. The molecule has 4 rings (SSSR count). The van der Waals surface area contributed by atoms with Crippen LogP contribution in [0.1, 0.15) is 5.56 Å². The number of carbonyl (C=O) groups is 2. The van der Waals surface area contributed by atoms with Gasteiger partial charge in [-0.3, -0.25) is 9.59 Å². The van der Waals surface area contributed by atoms with Crippen molar-refractivity contribution in [3.05, 3.63) is 60.3 Å². The zero-order chi connectivity index (χ0) is 17.9. The van der Waals surface area contributed by atoms with Gasteiger partial charge in [0.2, 0.25) is 11.8 Å². The molecule has 0 saturated carbocycles. The topological polar surface area (TPSA) is 77.2 Å². The van der Waals surface area contributed by atoms with E-state index in [1.807, 2.05) is 59.6 Å². The Morgan fingerprint density at radius 1 is 1.12 bits per heavy atom. The average Bonchev–Trinajstić information content (AvgIpc) is 3.05. The third-order valence-corrected chi connectivity index (χ3v) is 4.58. The summed E-state index contributed by atoms with van der Waals surface area (Å²) in [5.41, 5.74) is 3.59. The molecule has 1 saturated heterocycles. The van der Waals surface area contributed by atoms with Gasteiger partial charge in [0.1, 0.15) is 0 Å². The third-order valence-electron chi connectivity index (χ3n) is 4.58. The molecule has 6 nitrogen and oxygen atoms in total. The number of benzene rings is 2. The number of amides is 2. The van der Waals surface area contributed by atoms with E-state index in [2.05, 4.69) is 15.6 Å². The molecule has 3 aromatic rings.